The van der Waals surface area contributed by atoms with Crippen molar-refractivity contribution in [2.45, 2.75) is 17.4 Å². The lowest BCUT2D eigenvalue weighted by atomic mass is 10.1. The maximum atomic E-state index is 12.2. The van der Waals surface area contributed by atoms with Gasteiger partial charge in [-0.15, -0.1) is 24.0 Å². The SMILES string of the molecule is CN=C(NCCNS(=O)(=O)c1cccc(Cl)c1)NCC1Cc2ccccc2O1.I. The van der Waals surface area contributed by atoms with E-state index in [4.69, 9.17) is 16.3 Å². The molecule has 0 aromatic heterocycles. The lowest BCUT2D eigenvalue weighted by Crippen LogP contribution is -2.44. The smallest absolute Gasteiger partial charge is 0.240 e. The van der Waals surface area contributed by atoms with Crippen molar-refractivity contribution >= 4 is 51.6 Å². The zero-order valence-electron chi connectivity index (χ0n) is 15.9. The first-order valence-electron chi connectivity index (χ1n) is 8.92. The van der Waals surface area contributed by atoms with E-state index in [2.05, 4.69) is 26.4 Å². The molecule has 10 heteroatoms. The first kappa shape index (κ1) is 23.7. The number of guanidine groups is 1. The Hall–Kier alpha value is -1.56. The number of ether oxygens (including phenoxy) is 1. The fourth-order valence-corrected chi connectivity index (χ4v) is 4.21. The zero-order valence-corrected chi connectivity index (χ0v) is 19.8. The maximum Gasteiger partial charge on any atom is 0.240 e. The Balaban J connectivity index is 0.00000300. The Morgan fingerprint density at radius 2 is 1.97 bits per heavy atom. The van der Waals surface area contributed by atoms with Crippen LogP contribution in [-0.2, 0) is 16.4 Å². The Morgan fingerprint density at radius 3 is 2.69 bits per heavy atom. The second-order valence-electron chi connectivity index (χ2n) is 6.29. The van der Waals surface area contributed by atoms with Gasteiger partial charge in [-0.3, -0.25) is 4.99 Å². The van der Waals surface area contributed by atoms with Gasteiger partial charge in [-0.05, 0) is 29.8 Å². The van der Waals surface area contributed by atoms with Crippen LogP contribution in [0.25, 0.3) is 0 Å². The molecule has 1 unspecified atom stereocenters. The minimum Gasteiger partial charge on any atom is -0.488 e. The van der Waals surface area contributed by atoms with E-state index >= 15 is 0 Å². The molecule has 1 aliphatic rings. The van der Waals surface area contributed by atoms with Gasteiger partial charge in [0.25, 0.3) is 0 Å². The van der Waals surface area contributed by atoms with E-state index in [1.165, 1.54) is 17.7 Å². The van der Waals surface area contributed by atoms with Crippen molar-refractivity contribution < 1.29 is 13.2 Å². The van der Waals surface area contributed by atoms with Gasteiger partial charge >= 0.3 is 0 Å². The topological polar surface area (TPSA) is 91.8 Å². The molecule has 0 radical (unpaired) electrons. The number of nitrogens with one attached hydrogen (secondary N) is 3. The van der Waals surface area contributed by atoms with Crippen LogP contribution in [-0.4, -0.2) is 47.2 Å². The van der Waals surface area contributed by atoms with Gasteiger partial charge in [0, 0.05) is 31.6 Å². The molecule has 158 valence electrons. The zero-order chi connectivity index (χ0) is 20.0. The third-order valence-electron chi connectivity index (χ3n) is 4.25. The summed E-state index contributed by atoms with van der Waals surface area (Å²) in [5, 5.41) is 6.66. The minimum atomic E-state index is -3.60. The molecule has 2 aromatic carbocycles. The van der Waals surface area contributed by atoms with E-state index in [0.29, 0.717) is 24.1 Å². The first-order chi connectivity index (χ1) is 13.5. The van der Waals surface area contributed by atoms with Crippen LogP contribution in [0.2, 0.25) is 5.02 Å². The quantitative estimate of drug-likeness (QED) is 0.213. The van der Waals surface area contributed by atoms with E-state index in [0.717, 1.165) is 12.2 Å². The van der Waals surface area contributed by atoms with Gasteiger partial charge < -0.3 is 15.4 Å². The number of sulfonamides is 1. The van der Waals surface area contributed by atoms with Gasteiger partial charge in [0.05, 0.1) is 11.4 Å². The molecule has 1 atom stereocenters. The van der Waals surface area contributed by atoms with Crippen molar-refractivity contribution in [3.63, 3.8) is 0 Å². The maximum absolute atomic E-state index is 12.2. The highest BCUT2D eigenvalue weighted by atomic mass is 127. The number of halogens is 2. The number of fused-ring (bicyclic) bond motifs is 1. The largest absolute Gasteiger partial charge is 0.488 e. The van der Waals surface area contributed by atoms with Gasteiger partial charge in [-0.1, -0.05) is 35.9 Å². The van der Waals surface area contributed by atoms with Crippen LogP contribution in [0.1, 0.15) is 5.56 Å². The molecule has 0 saturated carbocycles. The molecule has 0 saturated heterocycles. The number of para-hydroxylation sites is 1. The fraction of sp³-hybridized carbons (Fsp3) is 0.316. The molecule has 1 aliphatic heterocycles. The van der Waals surface area contributed by atoms with Crippen molar-refractivity contribution in [3.05, 3.63) is 59.1 Å². The monoisotopic (exact) mass is 550 g/mol. The lowest BCUT2D eigenvalue weighted by molar-refractivity contribution is 0.235. The van der Waals surface area contributed by atoms with Crippen molar-refractivity contribution in [1.29, 1.82) is 0 Å². The number of hydrogen-bond donors (Lipinski definition) is 3. The number of aliphatic imine (C=N–C) groups is 1. The summed E-state index contributed by atoms with van der Waals surface area (Å²) in [6.45, 7) is 1.19. The lowest BCUT2D eigenvalue weighted by Gasteiger charge is -2.16. The van der Waals surface area contributed by atoms with Crippen molar-refractivity contribution in [1.82, 2.24) is 15.4 Å². The molecule has 0 amide bonds. The van der Waals surface area contributed by atoms with Crippen LogP contribution in [0.4, 0.5) is 0 Å². The molecule has 29 heavy (non-hydrogen) atoms. The predicted octanol–water partition coefficient (Wildman–Crippen LogP) is 2.41. The summed E-state index contributed by atoms with van der Waals surface area (Å²) in [7, 11) is -1.94. The number of hydrogen-bond acceptors (Lipinski definition) is 4. The second kappa shape index (κ2) is 11.0. The highest BCUT2D eigenvalue weighted by Gasteiger charge is 2.22. The van der Waals surface area contributed by atoms with Gasteiger partial charge in [0.15, 0.2) is 5.96 Å². The molecule has 0 spiro atoms. The summed E-state index contributed by atoms with van der Waals surface area (Å²) in [6.07, 6.45) is 0.886. The fourth-order valence-electron chi connectivity index (χ4n) is 2.88. The van der Waals surface area contributed by atoms with E-state index < -0.39 is 10.0 Å². The summed E-state index contributed by atoms with van der Waals surface area (Å²) in [4.78, 5) is 4.29. The molecular weight excluding hydrogens is 527 g/mol. The van der Waals surface area contributed by atoms with Crippen LogP contribution in [0.15, 0.2) is 58.4 Å². The summed E-state index contributed by atoms with van der Waals surface area (Å²) >= 11 is 5.85. The van der Waals surface area contributed by atoms with Crippen molar-refractivity contribution in [2.24, 2.45) is 4.99 Å². The predicted molar refractivity (Wildman–Crippen MR) is 126 cm³/mol. The van der Waals surface area contributed by atoms with E-state index in [-0.39, 0.29) is 41.5 Å². The first-order valence-corrected chi connectivity index (χ1v) is 10.8. The third kappa shape index (κ3) is 6.73. The Bertz CT molecular complexity index is 931. The highest BCUT2D eigenvalue weighted by Crippen LogP contribution is 2.27. The molecule has 7 nitrogen and oxygen atoms in total. The summed E-state index contributed by atoms with van der Waals surface area (Å²) < 4.78 is 32.9. The van der Waals surface area contributed by atoms with E-state index in [1.54, 1.807) is 19.2 Å². The third-order valence-corrected chi connectivity index (χ3v) is 5.94. The standard InChI is InChI=1S/C19H23ClN4O3S.HI/c1-21-19(23-13-16-11-14-5-2-3-8-18(14)27-16)22-9-10-24-28(25,26)17-7-4-6-15(20)12-17;/h2-8,12,16,24H,9-11,13H2,1H3,(H2,21,22,23);1H. The Labute approximate surface area is 193 Å². The minimum absolute atomic E-state index is 0. The summed E-state index contributed by atoms with van der Waals surface area (Å²) in [5.74, 6) is 1.51. The summed E-state index contributed by atoms with van der Waals surface area (Å²) in [5.41, 5.74) is 1.20. The normalized spacial score (nSPS) is 15.8. The van der Waals surface area contributed by atoms with Gasteiger partial charge in [-0.2, -0.15) is 0 Å². The van der Waals surface area contributed by atoms with Crippen LogP contribution >= 0.6 is 35.6 Å². The van der Waals surface area contributed by atoms with Gasteiger partial charge in [-0.25, -0.2) is 13.1 Å². The van der Waals surface area contributed by atoms with Gasteiger partial charge in [0.2, 0.25) is 10.0 Å². The molecule has 0 bridgehead atoms. The molecule has 1 heterocycles. The van der Waals surface area contributed by atoms with Crippen LogP contribution in [0, 0.1) is 0 Å². The number of rotatable bonds is 7. The number of benzene rings is 2. The van der Waals surface area contributed by atoms with E-state index in [1.807, 2.05) is 18.2 Å². The Kier molecular flexibility index (Phi) is 9.00. The van der Waals surface area contributed by atoms with E-state index in [9.17, 15) is 8.42 Å². The molecular formula is C19H24ClIN4O3S. The molecule has 0 fully saturated rings. The van der Waals surface area contributed by atoms with Crippen LogP contribution < -0.4 is 20.1 Å². The van der Waals surface area contributed by atoms with Crippen LogP contribution in [0.3, 0.4) is 0 Å². The van der Waals surface area contributed by atoms with Crippen LogP contribution in [0.5, 0.6) is 5.75 Å². The summed E-state index contributed by atoms with van der Waals surface area (Å²) in [6, 6.07) is 14.1. The van der Waals surface area contributed by atoms with Gasteiger partial charge in [0.1, 0.15) is 11.9 Å². The molecule has 3 rings (SSSR count). The molecule has 2 aromatic rings. The Morgan fingerprint density at radius 1 is 1.17 bits per heavy atom. The van der Waals surface area contributed by atoms with Crippen molar-refractivity contribution in [3.8, 4) is 5.75 Å². The van der Waals surface area contributed by atoms with Crippen molar-refractivity contribution in [2.75, 3.05) is 26.7 Å². The molecule has 0 aliphatic carbocycles. The second-order valence-corrected chi connectivity index (χ2v) is 8.49. The average molecular weight is 551 g/mol. The number of nitrogens with zero attached hydrogens (tertiary/aromatic N) is 1. The molecule has 3 N–H and O–H groups in total. The highest BCUT2D eigenvalue weighted by molar-refractivity contribution is 14.0. The average Bonchev–Trinajstić information content (AvgIpc) is 3.10.